The molecule has 4 heteroatoms. The number of fused-ring (bicyclic) bond motifs is 1. The highest BCUT2D eigenvalue weighted by Gasteiger charge is 2.12. The van der Waals surface area contributed by atoms with E-state index in [0.717, 1.165) is 16.3 Å². The number of rotatable bonds is 3. The first kappa shape index (κ1) is 14.8. The summed E-state index contributed by atoms with van der Waals surface area (Å²) in [6, 6.07) is 17.9. The fourth-order valence-electron chi connectivity index (χ4n) is 2.50. The molecule has 1 amide bonds. The van der Waals surface area contributed by atoms with E-state index in [1.54, 1.807) is 12.1 Å². The number of carbonyl (C=O) groups excluding carboxylic acids is 1. The Balaban J connectivity index is 1.98. The largest absolute Gasteiger partial charge is 0.478 e. The van der Waals surface area contributed by atoms with Gasteiger partial charge in [-0.3, -0.25) is 4.79 Å². The van der Waals surface area contributed by atoms with Gasteiger partial charge in [0, 0.05) is 11.3 Å². The zero-order valence-corrected chi connectivity index (χ0v) is 12.5. The molecule has 4 nitrogen and oxygen atoms in total. The van der Waals surface area contributed by atoms with Crippen LogP contribution in [0.3, 0.4) is 0 Å². The van der Waals surface area contributed by atoms with Gasteiger partial charge in [0.15, 0.2) is 0 Å². The number of amides is 1. The first-order valence-electron chi connectivity index (χ1n) is 7.19. The number of aromatic carboxylic acids is 1. The van der Waals surface area contributed by atoms with Crippen molar-refractivity contribution in [2.24, 2.45) is 0 Å². The molecule has 3 rings (SSSR count). The number of benzene rings is 3. The van der Waals surface area contributed by atoms with Crippen LogP contribution in [-0.2, 0) is 0 Å². The van der Waals surface area contributed by atoms with Crippen LogP contribution in [0.4, 0.5) is 5.69 Å². The molecule has 3 aromatic rings. The van der Waals surface area contributed by atoms with Crippen molar-refractivity contribution in [1.29, 1.82) is 0 Å². The van der Waals surface area contributed by atoms with E-state index in [1.807, 2.05) is 43.3 Å². The lowest BCUT2D eigenvalue weighted by Gasteiger charge is -2.11. The SMILES string of the molecule is Cc1ccc(C(=O)O)cc1NC(=O)c1cccc2ccccc12. The van der Waals surface area contributed by atoms with E-state index >= 15 is 0 Å². The van der Waals surface area contributed by atoms with Gasteiger partial charge < -0.3 is 10.4 Å². The van der Waals surface area contributed by atoms with Gasteiger partial charge in [-0.05, 0) is 41.5 Å². The molecule has 0 bridgehead atoms. The minimum Gasteiger partial charge on any atom is -0.478 e. The molecule has 0 aliphatic heterocycles. The average Bonchev–Trinajstić information content (AvgIpc) is 2.56. The second-order valence-corrected chi connectivity index (χ2v) is 5.32. The van der Waals surface area contributed by atoms with Crippen molar-refractivity contribution < 1.29 is 14.7 Å². The van der Waals surface area contributed by atoms with E-state index < -0.39 is 5.97 Å². The summed E-state index contributed by atoms with van der Waals surface area (Å²) in [6.45, 7) is 1.82. The molecule has 2 N–H and O–H groups in total. The number of carboxylic acids is 1. The third-order valence-electron chi connectivity index (χ3n) is 3.77. The van der Waals surface area contributed by atoms with Gasteiger partial charge in [-0.2, -0.15) is 0 Å². The molecule has 23 heavy (non-hydrogen) atoms. The molecule has 0 spiro atoms. The molecular formula is C19H15NO3. The van der Waals surface area contributed by atoms with Crippen LogP contribution < -0.4 is 5.32 Å². The van der Waals surface area contributed by atoms with Crippen LogP contribution in [0.1, 0.15) is 26.3 Å². The molecule has 0 saturated heterocycles. The standard InChI is InChI=1S/C19H15NO3/c1-12-9-10-14(19(22)23)11-17(12)20-18(21)16-8-4-6-13-5-2-3-7-15(13)16/h2-11H,1H3,(H,20,21)(H,22,23). The van der Waals surface area contributed by atoms with Crippen molar-refractivity contribution in [2.75, 3.05) is 5.32 Å². The second-order valence-electron chi connectivity index (χ2n) is 5.32. The van der Waals surface area contributed by atoms with Crippen LogP contribution in [0.25, 0.3) is 10.8 Å². The molecule has 0 fully saturated rings. The molecule has 0 aliphatic carbocycles. The van der Waals surface area contributed by atoms with E-state index in [9.17, 15) is 9.59 Å². The van der Waals surface area contributed by atoms with Gasteiger partial charge in [0.1, 0.15) is 0 Å². The second kappa shape index (κ2) is 5.93. The van der Waals surface area contributed by atoms with Gasteiger partial charge in [0.2, 0.25) is 0 Å². The van der Waals surface area contributed by atoms with Crippen molar-refractivity contribution in [3.05, 3.63) is 77.4 Å². The van der Waals surface area contributed by atoms with E-state index in [1.165, 1.54) is 12.1 Å². The highest BCUT2D eigenvalue weighted by molar-refractivity contribution is 6.13. The van der Waals surface area contributed by atoms with Crippen LogP contribution in [0.5, 0.6) is 0 Å². The highest BCUT2D eigenvalue weighted by Crippen LogP contribution is 2.22. The number of carboxylic acid groups (broad SMARTS) is 1. The first-order chi connectivity index (χ1) is 11.1. The maximum absolute atomic E-state index is 12.6. The number of aryl methyl sites for hydroxylation is 1. The predicted octanol–water partition coefficient (Wildman–Crippen LogP) is 4.10. The molecule has 114 valence electrons. The Labute approximate surface area is 133 Å². The maximum atomic E-state index is 12.6. The third kappa shape index (κ3) is 2.92. The van der Waals surface area contributed by atoms with E-state index in [4.69, 9.17) is 5.11 Å². The molecule has 0 heterocycles. The molecule has 0 aromatic heterocycles. The molecular weight excluding hydrogens is 290 g/mol. The van der Waals surface area contributed by atoms with Crippen LogP contribution in [0.2, 0.25) is 0 Å². The van der Waals surface area contributed by atoms with Crippen molar-refractivity contribution in [3.8, 4) is 0 Å². The maximum Gasteiger partial charge on any atom is 0.335 e. The van der Waals surface area contributed by atoms with Crippen LogP contribution in [0, 0.1) is 6.92 Å². The van der Waals surface area contributed by atoms with E-state index in [2.05, 4.69) is 5.32 Å². The Bertz CT molecular complexity index is 910. The lowest BCUT2D eigenvalue weighted by Crippen LogP contribution is -2.14. The molecule has 0 saturated carbocycles. The van der Waals surface area contributed by atoms with Crippen LogP contribution in [0.15, 0.2) is 60.7 Å². The Morgan fingerprint density at radius 1 is 0.957 bits per heavy atom. The molecule has 0 aliphatic rings. The molecule has 3 aromatic carbocycles. The van der Waals surface area contributed by atoms with Crippen molar-refractivity contribution in [2.45, 2.75) is 6.92 Å². The number of hydrogen-bond donors (Lipinski definition) is 2. The summed E-state index contributed by atoms with van der Waals surface area (Å²) in [5, 5.41) is 13.7. The normalized spacial score (nSPS) is 10.5. The van der Waals surface area contributed by atoms with Gasteiger partial charge in [0.05, 0.1) is 5.56 Å². The molecule has 0 unspecified atom stereocenters. The predicted molar refractivity (Wildman–Crippen MR) is 90.0 cm³/mol. The van der Waals surface area contributed by atoms with Crippen molar-refractivity contribution in [1.82, 2.24) is 0 Å². The fourth-order valence-corrected chi connectivity index (χ4v) is 2.50. The summed E-state index contributed by atoms with van der Waals surface area (Å²) in [5.74, 6) is -1.28. The van der Waals surface area contributed by atoms with Crippen molar-refractivity contribution >= 4 is 28.3 Å². The van der Waals surface area contributed by atoms with Crippen LogP contribution >= 0.6 is 0 Å². The molecule has 0 atom stereocenters. The summed E-state index contributed by atoms with van der Waals surface area (Å²) in [4.78, 5) is 23.7. The Morgan fingerprint density at radius 2 is 1.70 bits per heavy atom. The van der Waals surface area contributed by atoms with Gasteiger partial charge >= 0.3 is 5.97 Å². The van der Waals surface area contributed by atoms with E-state index in [-0.39, 0.29) is 11.5 Å². The van der Waals surface area contributed by atoms with Gasteiger partial charge in [0.25, 0.3) is 5.91 Å². The quantitative estimate of drug-likeness (QED) is 0.765. The smallest absolute Gasteiger partial charge is 0.335 e. The molecule has 0 radical (unpaired) electrons. The van der Waals surface area contributed by atoms with Crippen LogP contribution in [-0.4, -0.2) is 17.0 Å². The Hall–Kier alpha value is -3.14. The lowest BCUT2D eigenvalue weighted by molar-refractivity contribution is 0.0696. The third-order valence-corrected chi connectivity index (χ3v) is 3.77. The minimum atomic E-state index is -1.02. The average molecular weight is 305 g/mol. The monoisotopic (exact) mass is 305 g/mol. The first-order valence-corrected chi connectivity index (χ1v) is 7.19. The topological polar surface area (TPSA) is 66.4 Å². The summed E-state index contributed by atoms with van der Waals surface area (Å²) < 4.78 is 0. The number of nitrogens with one attached hydrogen (secondary N) is 1. The Kier molecular flexibility index (Phi) is 3.81. The highest BCUT2D eigenvalue weighted by atomic mass is 16.4. The van der Waals surface area contributed by atoms with Crippen molar-refractivity contribution in [3.63, 3.8) is 0 Å². The Morgan fingerprint density at radius 3 is 2.48 bits per heavy atom. The zero-order valence-electron chi connectivity index (χ0n) is 12.5. The van der Waals surface area contributed by atoms with E-state index in [0.29, 0.717) is 11.3 Å². The summed E-state index contributed by atoms with van der Waals surface area (Å²) in [7, 11) is 0. The summed E-state index contributed by atoms with van der Waals surface area (Å²) in [6.07, 6.45) is 0. The number of anilines is 1. The lowest BCUT2D eigenvalue weighted by atomic mass is 10.0. The minimum absolute atomic E-state index is 0.142. The van der Waals surface area contributed by atoms with Gasteiger partial charge in [-0.25, -0.2) is 4.79 Å². The fraction of sp³-hybridized carbons (Fsp3) is 0.0526. The zero-order chi connectivity index (χ0) is 16.4. The summed E-state index contributed by atoms with van der Waals surface area (Å²) >= 11 is 0. The van der Waals surface area contributed by atoms with Gasteiger partial charge in [-0.1, -0.05) is 42.5 Å². The number of hydrogen-bond acceptors (Lipinski definition) is 2. The number of carbonyl (C=O) groups is 2. The summed E-state index contributed by atoms with van der Waals surface area (Å²) in [5.41, 5.74) is 2.01. The van der Waals surface area contributed by atoms with Gasteiger partial charge in [-0.15, -0.1) is 0 Å².